The number of nitrogens with two attached hydrogens (primary N) is 1. The fourth-order valence-corrected chi connectivity index (χ4v) is 2.72. The van der Waals surface area contributed by atoms with Gasteiger partial charge in [0.1, 0.15) is 0 Å². The lowest BCUT2D eigenvalue weighted by Crippen LogP contribution is -2.37. The molecule has 0 bridgehead atoms. The zero-order chi connectivity index (χ0) is 13.1. The zero-order valence-electron chi connectivity index (χ0n) is 9.80. The third-order valence-electron chi connectivity index (χ3n) is 2.55. The van der Waals surface area contributed by atoms with Crippen LogP contribution in [0.3, 0.4) is 0 Å². The van der Waals surface area contributed by atoms with Gasteiger partial charge in [0, 0.05) is 19.3 Å². The van der Waals surface area contributed by atoms with Crippen molar-refractivity contribution in [3.8, 4) is 0 Å². The maximum absolute atomic E-state index is 13.4. The summed E-state index contributed by atoms with van der Waals surface area (Å²) in [5.41, 5.74) is 5.37. The molecule has 0 fully saturated rings. The number of halogens is 1. The average molecular weight is 261 g/mol. The van der Waals surface area contributed by atoms with Gasteiger partial charge in [-0.05, 0) is 32.0 Å². The summed E-state index contributed by atoms with van der Waals surface area (Å²) < 4.78 is 38.6. The van der Waals surface area contributed by atoms with E-state index in [0.29, 0.717) is 13.0 Å². The monoisotopic (exact) mass is 261 g/mol. The SMILES string of the molecule is CC(CCN)N(C)S(=O)(=O)c1ncccc1F. The largest absolute Gasteiger partial charge is 0.330 e. The van der Waals surface area contributed by atoms with Crippen LogP contribution in [0.25, 0.3) is 0 Å². The molecular formula is C10H16FN3O2S. The van der Waals surface area contributed by atoms with Crippen LogP contribution in [0.2, 0.25) is 0 Å². The molecule has 1 aromatic rings. The van der Waals surface area contributed by atoms with E-state index in [1.54, 1.807) is 6.92 Å². The molecule has 17 heavy (non-hydrogen) atoms. The molecule has 0 aromatic carbocycles. The van der Waals surface area contributed by atoms with Crippen LogP contribution in [0.5, 0.6) is 0 Å². The summed E-state index contributed by atoms with van der Waals surface area (Å²) in [4.78, 5) is 3.58. The Morgan fingerprint density at radius 1 is 1.59 bits per heavy atom. The van der Waals surface area contributed by atoms with Crippen molar-refractivity contribution in [2.45, 2.75) is 24.4 Å². The van der Waals surface area contributed by atoms with Crippen LogP contribution in [0.4, 0.5) is 4.39 Å². The van der Waals surface area contributed by atoms with Crippen molar-refractivity contribution in [1.82, 2.24) is 9.29 Å². The Hall–Kier alpha value is -1.05. The first-order valence-electron chi connectivity index (χ1n) is 5.20. The molecule has 1 atom stereocenters. The van der Waals surface area contributed by atoms with Crippen molar-refractivity contribution >= 4 is 10.0 Å². The van der Waals surface area contributed by atoms with Crippen molar-refractivity contribution in [2.24, 2.45) is 5.73 Å². The molecule has 7 heteroatoms. The standard InChI is InChI=1S/C10H16FN3O2S/c1-8(5-6-12)14(2)17(15,16)10-9(11)4-3-7-13-10/h3-4,7-8H,5-6,12H2,1-2H3. The Kier molecular flexibility index (Phi) is 4.55. The van der Waals surface area contributed by atoms with E-state index in [0.717, 1.165) is 10.4 Å². The number of hydrogen-bond acceptors (Lipinski definition) is 4. The summed E-state index contributed by atoms with van der Waals surface area (Å²) in [6.45, 7) is 2.08. The van der Waals surface area contributed by atoms with Crippen LogP contribution in [-0.2, 0) is 10.0 Å². The minimum Gasteiger partial charge on any atom is -0.330 e. The quantitative estimate of drug-likeness (QED) is 0.841. The minimum absolute atomic E-state index is 0.300. The van der Waals surface area contributed by atoms with Gasteiger partial charge in [-0.1, -0.05) is 0 Å². The molecular weight excluding hydrogens is 245 g/mol. The van der Waals surface area contributed by atoms with Crippen molar-refractivity contribution < 1.29 is 12.8 Å². The second-order valence-corrected chi connectivity index (χ2v) is 5.65. The molecule has 0 aliphatic heterocycles. The molecule has 1 unspecified atom stereocenters. The lowest BCUT2D eigenvalue weighted by atomic mass is 10.2. The van der Waals surface area contributed by atoms with E-state index in [-0.39, 0.29) is 6.04 Å². The van der Waals surface area contributed by atoms with Crippen LogP contribution in [0.1, 0.15) is 13.3 Å². The Labute approximate surface area is 101 Å². The molecule has 0 aliphatic rings. The topological polar surface area (TPSA) is 76.3 Å². The van der Waals surface area contributed by atoms with Gasteiger partial charge in [-0.2, -0.15) is 4.31 Å². The summed E-state index contributed by atoms with van der Waals surface area (Å²) in [5, 5.41) is -0.550. The van der Waals surface area contributed by atoms with Crippen LogP contribution < -0.4 is 5.73 Å². The molecule has 2 N–H and O–H groups in total. The first kappa shape index (κ1) is 14.0. The first-order valence-corrected chi connectivity index (χ1v) is 6.64. The van der Waals surface area contributed by atoms with Gasteiger partial charge >= 0.3 is 0 Å². The number of pyridine rings is 1. The molecule has 96 valence electrons. The smallest absolute Gasteiger partial charge is 0.263 e. The summed E-state index contributed by atoms with van der Waals surface area (Å²) in [6, 6.07) is 2.12. The second-order valence-electron chi connectivity index (χ2n) is 3.74. The fraction of sp³-hybridized carbons (Fsp3) is 0.500. The van der Waals surface area contributed by atoms with Gasteiger partial charge < -0.3 is 5.73 Å². The van der Waals surface area contributed by atoms with E-state index in [1.165, 1.54) is 19.3 Å². The van der Waals surface area contributed by atoms with Crippen LogP contribution >= 0.6 is 0 Å². The maximum Gasteiger partial charge on any atom is 0.263 e. The van der Waals surface area contributed by atoms with Gasteiger partial charge in [-0.15, -0.1) is 0 Å². The average Bonchev–Trinajstić information content (AvgIpc) is 2.28. The molecule has 0 saturated heterocycles. The van der Waals surface area contributed by atoms with Crippen molar-refractivity contribution in [3.63, 3.8) is 0 Å². The summed E-state index contributed by atoms with van der Waals surface area (Å²) in [5.74, 6) is -0.848. The summed E-state index contributed by atoms with van der Waals surface area (Å²) >= 11 is 0. The first-order chi connectivity index (χ1) is 7.91. The van der Waals surface area contributed by atoms with Gasteiger partial charge in [0.25, 0.3) is 10.0 Å². The molecule has 0 aliphatic carbocycles. The van der Waals surface area contributed by atoms with Crippen LogP contribution in [0, 0.1) is 5.82 Å². The highest BCUT2D eigenvalue weighted by Gasteiger charge is 2.28. The van der Waals surface area contributed by atoms with E-state index >= 15 is 0 Å². The van der Waals surface area contributed by atoms with Crippen LogP contribution in [0.15, 0.2) is 23.4 Å². The van der Waals surface area contributed by atoms with Gasteiger partial charge in [-0.3, -0.25) is 0 Å². The predicted molar refractivity (Wildman–Crippen MR) is 62.3 cm³/mol. The highest BCUT2D eigenvalue weighted by molar-refractivity contribution is 7.89. The molecule has 0 spiro atoms. The Balaban J connectivity index is 3.08. The fourth-order valence-electron chi connectivity index (χ4n) is 1.36. The van der Waals surface area contributed by atoms with Gasteiger partial charge in [-0.25, -0.2) is 17.8 Å². The minimum atomic E-state index is -3.90. The molecule has 0 radical (unpaired) electrons. The van der Waals surface area contributed by atoms with E-state index in [1.807, 2.05) is 0 Å². The van der Waals surface area contributed by atoms with E-state index in [2.05, 4.69) is 4.98 Å². The maximum atomic E-state index is 13.4. The van der Waals surface area contributed by atoms with Crippen molar-refractivity contribution in [2.75, 3.05) is 13.6 Å². The normalized spacial score (nSPS) is 13.9. The molecule has 1 heterocycles. The molecule has 1 aromatic heterocycles. The van der Waals surface area contributed by atoms with Crippen molar-refractivity contribution in [3.05, 3.63) is 24.1 Å². The van der Waals surface area contributed by atoms with E-state index in [4.69, 9.17) is 5.73 Å². The number of sulfonamides is 1. The van der Waals surface area contributed by atoms with Gasteiger partial charge in [0.15, 0.2) is 5.82 Å². The van der Waals surface area contributed by atoms with Gasteiger partial charge in [0.2, 0.25) is 5.03 Å². The summed E-state index contributed by atoms with van der Waals surface area (Å²) in [7, 11) is -2.51. The summed E-state index contributed by atoms with van der Waals surface area (Å²) in [6.07, 6.45) is 1.75. The Morgan fingerprint density at radius 2 is 2.24 bits per heavy atom. The number of hydrogen-bond donors (Lipinski definition) is 1. The zero-order valence-corrected chi connectivity index (χ0v) is 10.6. The molecule has 5 nitrogen and oxygen atoms in total. The predicted octanol–water partition coefficient (Wildman–Crippen LogP) is 0.579. The van der Waals surface area contributed by atoms with Gasteiger partial charge in [0.05, 0.1) is 0 Å². The van der Waals surface area contributed by atoms with E-state index < -0.39 is 20.9 Å². The van der Waals surface area contributed by atoms with E-state index in [9.17, 15) is 12.8 Å². The van der Waals surface area contributed by atoms with Crippen molar-refractivity contribution in [1.29, 1.82) is 0 Å². The number of rotatable bonds is 5. The third-order valence-corrected chi connectivity index (χ3v) is 4.46. The Bertz CT molecular complexity index is 478. The molecule has 0 amide bonds. The number of aromatic nitrogens is 1. The lowest BCUT2D eigenvalue weighted by molar-refractivity contribution is 0.370. The Morgan fingerprint density at radius 3 is 2.76 bits per heavy atom. The highest BCUT2D eigenvalue weighted by Crippen LogP contribution is 2.17. The third kappa shape index (κ3) is 2.99. The lowest BCUT2D eigenvalue weighted by Gasteiger charge is -2.23. The number of nitrogens with zero attached hydrogens (tertiary/aromatic N) is 2. The molecule has 0 saturated carbocycles. The highest BCUT2D eigenvalue weighted by atomic mass is 32.2. The van der Waals surface area contributed by atoms with Crippen LogP contribution in [-0.4, -0.2) is 37.3 Å². The molecule has 1 rings (SSSR count). The second kappa shape index (κ2) is 5.52.